The van der Waals surface area contributed by atoms with Crippen molar-refractivity contribution >= 4 is 17.5 Å². The monoisotopic (exact) mass is 253 g/mol. The summed E-state index contributed by atoms with van der Waals surface area (Å²) in [5, 5.41) is 14.2. The van der Waals surface area contributed by atoms with E-state index in [4.69, 9.17) is 5.73 Å². The zero-order valence-electron chi connectivity index (χ0n) is 11.1. The van der Waals surface area contributed by atoms with Crippen LogP contribution in [0.3, 0.4) is 0 Å². The van der Waals surface area contributed by atoms with Crippen molar-refractivity contribution in [3.05, 3.63) is 15.8 Å². The van der Waals surface area contributed by atoms with Crippen LogP contribution >= 0.6 is 0 Å². The Hall–Kier alpha value is -1.92. The largest absolute Gasteiger partial charge is 0.368 e. The third-order valence-corrected chi connectivity index (χ3v) is 3.24. The minimum absolute atomic E-state index is 0.0372. The third kappa shape index (κ3) is 2.85. The number of hydrogen-bond donors (Lipinski definition) is 2. The number of nitrogens with two attached hydrogens (primary N) is 1. The number of nitrogens with zero attached hydrogens (tertiary/aromatic N) is 3. The minimum atomic E-state index is -0.483. The zero-order valence-corrected chi connectivity index (χ0v) is 11.1. The molecule has 0 amide bonds. The molecule has 0 bridgehead atoms. The molecule has 0 fully saturated rings. The SMILES string of the molecule is CCC(C)(CC)Nc1nc(N)nc(C)c1[N+](=O)[O-]. The summed E-state index contributed by atoms with van der Waals surface area (Å²) < 4.78 is 0. The van der Waals surface area contributed by atoms with Gasteiger partial charge in [0.25, 0.3) is 0 Å². The van der Waals surface area contributed by atoms with Crippen molar-refractivity contribution in [1.82, 2.24) is 9.97 Å². The first kappa shape index (κ1) is 14.1. The van der Waals surface area contributed by atoms with Crippen molar-refractivity contribution in [2.45, 2.75) is 46.1 Å². The lowest BCUT2D eigenvalue weighted by Gasteiger charge is -2.28. The maximum absolute atomic E-state index is 11.1. The summed E-state index contributed by atoms with van der Waals surface area (Å²) in [6, 6.07) is 0. The number of anilines is 2. The second-order valence-electron chi connectivity index (χ2n) is 4.51. The summed E-state index contributed by atoms with van der Waals surface area (Å²) >= 11 is 0. The molecule has 0 saturated heterocycles. The molecule has 7 nitrogen and oxygen atoms in total. The molecule has 7 heteroatoms. The Morgan fingerprint density at radius 2 is 1.94 bits per heavy atom. The van der Waals surface area contributed by atoms with Gasteiger partial charge in [0.1, 0.15) is 5.69 Å². The molecule has 1 aromatic heterocycles. The third-order valence-electron chi connectivity index (χ3n) is 3.24. The maximum Gasteiger partial charge on any atom is 0.332 e. The van der Waals surface area contributed by atoms with E-state index in [9.17, 15) is 10.1 Å². The van der Waals surface area contributed by atoms with Crippen LogP contribution in [0.25, 0.3) is 0 Å². The summed E-state index contributed by atoms with van der Waals surface area (Å²) in [4.78, 5) is 18.4. The van der Waals surface area contributed by atoms with Crippen LogP contribution in [0, 0.1) is 17.0 Å². The van der Waals surface area contributed by atoms with E-state index in [1.165, 1.54) is 0 Å². The molecule has 18 heavy (non-hydrogen) atoms. The molecule has 0 radical (unpaired) electrons. The van der Waals surface area contributed by atoms with E-state index in [-0.39, 0.29) is 28.7 Å². The van der Waals surface area contributed by atoms with Crippen molar-refractivity contribution in [2.75, 3.05) is 11.1 Å². The van der Waals surface area contributed by atoms with Crippen molar-refractivity contribution in [3.8, 4) is 0 Å². The molecule has 0 saturated carbocycles. The first-order valence-corrected chi connectivity index (χ1v) is 5.89. The van der Waals surface area contributed by atoms with Crippen molar-refractivity contribution in [3.63, 3.8) is 0 Å². The Bertz CT molecular complexity index is 457. The Morgan fingerprint density at radius 1 is 1.39 bits per heavy atom. The van der Waals surface area contributed by atoms with Gasteiger partial charge in [-0.15, -0.1) is 0 Å². The van der Waals surface area contributed by atoms with Crippen LogP contribution in [0.5, 0.6) is 0 Å². The lowest BCUT2D eigenvalue weighted by molar-refractivity contribution is -0.385. The lowest BCUT2D eigenvalue weighted by atomic mass is 9.95. The van der Waals surface area contributed by atoms with Gasteiger partial charge >= 0.3 is 5.69 Å². The highest BCUT2D eigenvalue weighted by Crippen LogP contribution is 2.30. The summed E-state index contributed by atoms with van der Waals surface area (Å²) in [5.41, 5.74) is 5.45. The first-order valence-electron chi connectivity index (χ1n) is 5.89. The van der Waals surface area contributed by atoms with Gasteiger partial charge in [-0.3, -0.25) is 10.1 Å². The Morgan fingerprint density at radius 3 is 2.39 bits per heavy atom. The van der Waals surface area contributed by atoms with E-state index in [0.717, 1.165) is 12.8 Å². The topological polar surface area (TPSA) is 107 Å². The number of rotatable bonds is 5. The zero-order chi connectivity index (χ0) is 13.9. The smallest absolute Gasteiger partial charge is 0.332 e. The average Bonchev–Trinajstić information content (AvgIpc) is 2.27. The molecule has 3 N–H and O–H groups in total. The molecule has 0 atom stereocenters. The van der Waals surface area contributed by atoms with Gasteiger partial charge in [0.15, 0.2) is 0 Å². The summed E-state index contributed by atoms with van der Waals surface area (Å²) in [5.74, 6) is 0.228. The highest BCUT2D eigenvalue weighted by molar-refractivity contribution is 5.61. The van der Waals surface area contributed by atoms with Crippen LogP contribution in [0.4, 0.5) is 17.5 Å². The van der Waals surface area contributed by atoms with Crippen LogP contribution in [0.15, 0.2) is 0 Å². The minimum Gasteiger partial charge on any atom is -0.368 e. The lowest BCUT2D eigenvalue weighted by Crippen LogP contribution is -2.34. The van der Waals surface area contributed by atoms with Gasteiger partial charge in [-0.05, 0) is 26.7 Å². The molecular weight excluding hydrogens is 234 g/mol. The van der Waals surface area contributed by atoms with Crippen LogP contribution in [0.2, 0.25) is 0 Å². The number of aromatic nitrogens is 2. The van der Waals surface area contributed by atoms with Crippen LogP contribution in [0.1, 0.15) is 39.3 Å². The van der Waals surface area contributed by atoms with E-state index in [2.05, 4.69) is 15.3 Å². The van der Waals surface area contributed by atoms with Crippen LogP contribution in [-0.2, 0) is 0 Å². The van der Waals surface area contributed by atoms with E-state index in [0.29, 0.717) is 0 Å². The van der Waals surface area contributed by atoms with E-state index < -0.39 is 4.92 Å². The maximum atomic E-state index is 11.1. The predicted molar refractivity (Wildman–Crippen MR) is 70.4 cm³/mol. The molecule has 1 aromatic rings. The standard InChI is InChI=1S/C11H19N5O2/c1-5-11(4,6-2)15-9-8(16(17)18)7(3)13-10(12)14-9/h5-6H2,1-4H3,(H3,12,13,14,15). The molecule has 1 rings (SSSR count). The molecule has 100 valence electrons. The van der Waals surface area contributed by atoms with Crippen LogP contribution < -0.4 is 11.1 Å². The molecule has 0 aromatic carbocycles. The summed E-state index contributed by atoms with van der Waals surface area (Å²) in [7, 11) is 0. The first-order chi connectivity index (χ1) is 8.33. The Labute approximate surface area is 106 Å². The number of nitrogen functional groups attached to an aromatic ring is 1. The highest BCUT2D eigenvalue weighted by atomic mass is 16.6. The molecular formula is C11H19N5O2. The summed E-state index contributed by atoms with van der Waals surface area (Å²) in [6.07, 6.45) is 1.65. The molecule has 0 spiro atoms. The van der Waals surface area contributed by atoms with E-state index >= 15 is 0 Å². The molecule has 1 heterocycles. The van der Waals surface area contributed by atoms with Gasteiger partial charge in [0.05, 0.1) is 4.92 Å². The number of nitro groups is 1. The predicted octanol–water partition coefficient (Wildman–Crippen LogP) is 2.27. The normalized spacial score (nSPS) is 11.3. The van der Waals surface area contributed by atoms with E-state index in [1.807, 2.05) is 20.8 Å². The van der Waals surface area contributed by atoms with E-state index in [1.54, 1.807) is 6.92 Å². The van der Waals surface area contributed by atoms with Gasteiger partial charge in [0, 0.05) is 5.54 Å². The molecule has 0 aliphatic rings. The van der Waals surface area contributed by atoms with Crippen LogP contribution in [-0.4, -0.2) is 20.4 Å². The Kier molecular flexibility index (Phi) is 4.05. The highest BCUT2D eigenvalue weighted by Gasteiger charge is 2.27. The van der Waals surface area contributed by atoms with Gasteiger partial charge < -0.3 is 11.1 Å². The Balaban J connectivity index is 3.27. The quantitative estimate of drug-likeness (QED) is 0.615. The second-order valence-corrected chi connectivity index (χ2v) is 4.51. The van der Waals surface area contributed by atoms with Crippen molar-refractivity contribution < 1.29 is 4.92 Å². The fourth-order valence-corrected chi connectivity index (χ4v) is 1.61. The van der Waals surface area contributed by atoms with Gasteiger partial charge in [-0.2, -0.15) is 4.98 Å². The number of nitrogens with one attached hydrogen (secondary N) is 1. The average molecular weight is 253 g/mol. The molecule has 0 aliphatic heterocycles. The number of aryl methyl sites for hydroxylation is 1. The van der Waals surface area contributed by atoms with Gasteiger partial charge in [-0.25, -0.2) is 4.98 Å². The summed E-state index contributed by atoms with van der Waals surface area (Å²) in [6.45, 7) is 7.57. The van der Waals surface area contributed by atoms with Crippen molar-refractivity contribution in [1.29, 1.82) is 0 Å². The second kappa shape index (κ2) is 5.16. The number of hydrogen-bond acceptors (Lipinski definition) is 6. The fourth-order valence-electron chi connectivity index (χ4n) is 1.61. The fraction of sp³-hybridized carbons (Fsp3) is 0.636. The van der Waals surface area contributed by atoms with Crippen molar-refractivity contribution in [2.24, 2.45) is 0 Å². The molecule has 0 aliphatic carbocycles. The van der Waals surface area contributed by atoms with Gasteiger partial charge in [0.2, 0.25) is 11.8 Å². The van der Waals surface area contributed by atoms with Gasteiger partial charge in [-0.1, -0.05) is 13.8 Å². The molecule has 0 unspecified atom stereocenters.